The van der Waals surface area contributed by atoms with Crippen LogP contribution in [0.25, 0.3) is 5.82 Å². The number of aromatic nitrogens is 3. The van der Waals surface area contributed by atoms with Gasteiger partial charge in [0, 0.05) is 31.7 Å². The molecule has 0 unspecified atom stereocenters. The molecule has 2 heterocycles. The van der Waals surface area contributed by atoms with Gasteiger partial charge in [-0.1, -0.05) is 19.9 Å². The van der Waals surface area contributed by atoms with Gasteiger partial charge in [0.25, 0.3) is 0 Å². The van der Waals surface area contributed by atoms with Crippen LogP contribution in [0.5, 0.6) is 0 Å². The first kappa shape index (κ1) is 19.0. The Balaban J connectivity index is 1.91. The molecule has 2 aromatic heterocycles. The van der Waals surface area contributed by atoms with Crippen molar-refractivity contribution in [2.24, 2.45) is 10.9 Å². The molecule has 0 aliphatic carbocycles. The number of nitrogens with one attached hydrogen (secondary N) is 2. The first-order chi connectivity index (χ1) is 12.1. The first-order valence-corrected chi connectivity index (χ1v) is 9.07. The monoisotopic (exact) mass is 342 g/mol. The molecule has 2 rings (SSSR count). The maximum Gasteiger partial charge on any atom is 0.191 e. The number of aryl methyl sites for hydroxylation is 1. The molecule has 0 saturated carbocycles. The van der Waals surface area contributed by atoms with Gasteiger partial charge in [0.05, 0.1) is 6.54 Å². The Bertz CT molecular complexity index is 657. The number of rotatable bonds is 8. The molecule has 0 radical (unpaired) electrons. The summed E-state index contributed by atoms with van der Waals surface area (Å²) in [6.45, 7) is 11.0. The van der Waals surface area contributed by atoms with Crippen molar-refractivity contribution in [3.05, 3.63) is 42.1 Å². The molecule has 0 saturated heterocycles. The topological polar surface area (TPSA) is 67.1 Å². The Morgan fingerprint density at radius 3 is 2.68 bits per heavy atom. The molecule has 25 heavy (non-hydrogen) atoms. The third-order valence-electron chi connectivity index (χ3n) is 3.90. The predicted octanol–water partition coefficient (Wildman–Crippen LogP) is 3.07. The average molecular weight is 342 g/mol. The second-order valence-corrected chi connectivity index (χ2v) is 6.53. The largest absolute Gasteiger partial charge is 0.357 e. The Hall–Kier alpha value is -2.37. The van der Waals surface area contributed by atoms with E-state index < -0.39 is 0 Å². The summed E-state index contributed by atoms with van der Waals surface area (Å²) in [5.74, 6) is 3.41. The zero-order valence-electron chi connectivity index (χ0n) is 15.8. The van der Waals surface area contributed by atoms with Crippen molar-refractivity contribution < 1.29 is 0 Å². The van der Waals surface area contributed by atoms with Crippen molar-refractivity contribution in [3.8, 4) is 5.82 Å². The third-order valence-corrected chi connectivity index (χ3v) is 3.90. The second-order valence-electron chi connectivity index (χ2n) is 6.53. The number of nitrogens with zero attached hydrogens (tertiary/aromatic N) is 4. The van der Waals surface area contributed by atoms with Gasteiger partial charge in [-0.3, -0.25) is 4.57 Å². The molecule has 6 nitrogen and oxygen atoms in total. The SMILES string of the molecule is CCNC(=NCc1ccc(-n2ccnc2C)nc1)NCCCC(C)C. The van der Waals surface area contributed by atoms with Crippen LogP contribution in [0.3, 0.4) is 0 Å². The number of aliphatic imine (C=N–C) groups is 1. The summed E-state index contributed by atoms with van der Waals surface area (Å²) in [5, 5.41) is 6.68. The van der Waals surface area contributed by atoms with Crippen molar-refractivity contribution >= 4 is 5.96 Å². The fourth-order valence-electron chi connectivity index (χ4n) is 2.50. The fourth-order valence-corrected chi connectivity index (χ4v) is 2.50. The Morgan fingerprint density at radius 2 is 2.08 bits per heavy atom. The van der Waals surface area contributed by atoms with Crippen LogP contribution >= 0.6 is 0 Å². The average Bonchev–Trinajstić information content (AvgIpc) is 3.02. The minimum Gasteiger partial charge on any atom is -0.357 e. The van der Waals surface area contributed by atoms with Crippen LogP contribution in [-0.4, -0.2) is 33.6 Å². The lowest BCUT2D eigenvalue weighted by Crippen LogP contribution is -2.37. The maximum atomic E-state index is 4.65. The molecule has 6 heteroatoms. The highest BCUT2D eigenvalue weighted by Gasteiger charge is 2.03. The van der Waals surface area contributed by atoms with E-state index in [2.05, 4.69) is 52.4 Å². The lowest BCUT2D eigenvalue weighted by molar-refractivity contribution is 0.549. The van der Waals surface area contributed by atoms with E-state index in [-0.39, 0.29) is 0 Å². The smallest absolute Gasteiger partial charge is 0.191 e. The van der Waals surface area contributed by atoms with Crippen molar-refractivity contribution in [1.29, 1.82) is 0 Å². The molecular formula is C19H30N6. The number of hydrogen-bond donors (Lipinski definition) is 2. The third kappa shape index (κ3) is 6.21. The van der Waals surface area contributed by atoms with Crippen molar-refractivity contribution in [2.45, 2.75) is 47.1 Å². The number of pyridine rings is 1. The molecule has 0 fully saturated rings. The summed E-state index contributed by atoms with van der Waals surface area (Å²) in [6.07, 6.45) is 7.96. The quantitative estimate of drug-likeness (QED) is 0.439. The van der Waals surface area contributed by atoms with Gasteiger partial charge < -0.3 is 10.6 Å². The van der Waals surface area contributed by atoms with Gasteiger partial charge in [0.2, 0.25) is 0 Å². The van der Waals surface area contributed by atoms with E-state index in [0.29, 0.717) is 6.54 Å². The predicted molar refractivity (Wildman–Crippen MR) is 103 cm³/mol. The number of guanidine groups is 1. The lowest BCUT2D eigenvalue weighted by Gasteiger charge is -2.12. The Morgan fingerprint density at radius 1 is 1.24 bits per heavy atom. The molecule has 2 aromatic rings. The minimum absolute atomic E-state index is 0.607. The molecule has 2 N–H and O–H groups in total. The van der Waals surface area contributed by atoms with Gasteiger partial charge in [-0.2, -0.15) is 0 Å². The fraction of sp³-hybridized carbons (Fsp3) is 0.526. The summed E-state index contributed by atoms with van der Waals surface area (Å²) >= 11 is 0. The standard InChI is InChI=1S/C19H30N6/c1-5-20-19(22-10-6-7-15(2)3)24-14-17-8-9-18(23-13-17)25-12-11-21-16(25)4/h8-9,11-13,15H,5-7,10,14H2,1-4H3,(H2,20,22,24). The van der Waals surface area contributed by atoms with Gasteiger partial charge >= 0.3 is 0 Å². The molecular weight excluding hydrogens is 312 g/mol. The molecule has 0 bridgehead atoms. The zero-order chi connectivity index (χ0) is 18.1. The first-order valence-electron chi connectivity index (χ1n) is 9.07. The maximum absolute atomic E-state index is 4.65. The van der Waals surface area contributed by atoms with Crippen molar-refractivity contribution in [1.82, 2.24) is 25.2 Å². The van der Waals surface area contributed by atoms with E-state index in [1.54, 1.807) is 6.20 Å². The van der Waals surface area contributed by atoms with E-state index >= 15 is 0 Å². The molecule has 0 aliphatic rings. The van der Waals surface area contributed by atoms with Crippen molar-refractivity contribution in [2.75, 3.05) is 13.1 Å². The molecule has 0 aliphatic heterocycles. The summed E-state index contributed by atoms with van der Waals surface area (Å²) in [4.78, 5) is 13.4. The van der Waals surface area contributed by atoms with Crippen LogP contribution < -0.4 is 10.6 Å². The highest BCUT2D eigenvalue weighted by molar-refractivity contribution is 5.79. The summed E-state index contributed by atoms with van der Waals surface area (Å²) in [5.41, 5.74) is 1.08. The Kier molecular flexibility index (Phi) is 7.44. The zero-order valence-corrected chi connectivity index (χ0v) is 15.8. The van der Waals surface area contributed by atoms with Crippen LogP contribution in [0.1, 0.15) is 45.0 Å². The number of imidazole rings is 1. The van der Waals surface area contributed by atoms with Crippen LogP contribution in [0.4, 0.5) is 0 Å². The Labute approximate surface area is 150 Å². The van der Waals surface area contributed by atoms with Gasteiger partial charge in [0.15, 0.2) is 5.96 Å². The van der Waals surface area contributed by atoms with E-state index in [1.165, 1.54) is 6.42 Å². The van der Waals surface area contributed by atoms with Crippen LogP contribution in [0, 0.1) is 12.8 Å². The van der Waals surface area contributed by atoms with Gasteiger partial charge in [0.1, 0.15) is 11.6 Å². The van der Waals surface area contributed by atoms with Crippen LogP contribution in [-0.2, 0) is 6.54 Å². The summed E-state index contributed by atoms with van der Waals surface area (Å²) < 4.78 is 1.97. The van der Waals surface area contributed by atoms with Crippen LogP contribution in [0.15, 0.2) is 35.7 Å². The van der Waals surface area contributed by atoms with Crippen molar-refractivity contribution in [3.63, 3.8) is 0 Å². The van der Waals surface area contributed by atoms with E-state index in [0.717, 1.165) is 48.6 Å². The molecule has 0 spiro atoms. The van der Waals surface area contributed by atoms with Crippen LogP contribution in [0.2, 0.25) is 0 Å². The normalized spacial score (nSPS) is 11.8. The van der Waals surface area contributed by atoms with E-state index in [1.807, 2.05) is 30.0 Å². The molecule has 136 valence electrons. The molecule has 0 aromatic carbocycles. The van der Waals surface area contributed by atoms with Gasteiger partial charge in [-0.05, 0) is 44.2 Å². The molecule has 0 amide bonds. The second kappa shape index (κ2) is 9.81. The van der Waals surface area contributed by atoms with Gasteiger partial charge in [-0.25, -0.2) is 15.0 Å². The minimum atomic E-state index is 0.607. The highest BCUT2D eigenvalue weighted by Crippen LogP contribution is 2.09. The summed E-state index contributed by atoms with van der Waals surface area (Å²) in [7, 11) is 0. The highest BCUT2D eigenvalue weighted by atomic mass is 15.2. The number of hydrogen-bond acceptors (Lipinski definition) is 3. The summed E-state index contributed by atoms with van der Waals surface area (Å²) in [6, 6.07) is 4.07. The lowest BCUT2D eigenvalue weighted by atomic mass is 10.1. The van der Waals surface area contributed by atoms with E-state index in [9.17, 15) is 0 Å². The van der Waals surface area contributed by atoms with Gasteiger partial charge in [-0.15, -0.1) is 0 Å². The van der Waals surface area contributed by atoms with E-state index in [4.69, 9.17) is 0 Å². The molecule has 0 atom stereocenters.